The van der Waals surface area contributed by atoms with Crippen LogP contribution in [0.25, 0.3) is 0 Å². The van der Waals surface area contributed by atoms with Crippen molar-refractivity contribution in [1.29, 1.82) is 0 Å². The Hall–Kier alpha value is -1.36. The minimum absolute atomic E-state index is 0.00495. The molecular formula is C10H11N3O4S3. The SMILES string of the molecule is CC1C(=O)NC(=O)CN1S(=O)(=O)c1ccc(C(N)=S)s1. The third-order valence-electron chi connectivity index (χ3n) is 2.76. The lowest BCUT2D eigenvalue weighted by Gasteiger charge is -2.30. The molecule has 1 aliphatic rings. The summed E-state index contributed by atoms with van der Waals surface area (Å²) >= 11 is 5.68. The highest BCUT2D eigenvalue weighted by Crippen LogP contribution is 2.26. The number of rotatable bonds is 3. The number of sulfonamides is 1. The Bertz CT molecular complexity index is 694. The van der Waals surface area contributed by atoms with Crippen molar-refractivity contribution in [2.75, 3.05) is 6.54 Å². The number of imide groups is 1. The van der Waals surface area contributed by atoms with Gasteiger partial charge in [0.15, 0.2) is 0 Å². The van der Waals surface area contributed by atoms with E-state index in [0.29, 0.717) is 4.88 Å². The van der Waals surface area contributed by atoms with Crippen molar-refractivity contribution in [3.05, 3.63) is 17.0 Å². The molecule has 0 aliphatic carbocycles. The van der Waals surface area contributed by atoms with Crippen LogP contribution in [-0.4, -0.2) is 42.1 Å². The normalized spacial score (nSPS) is 20.8. The summed E-state index contributed by atoms with van der Waals surface area (Å²) in [6.45, 7) is 1.02. The molecule has 1 aromatic rings. The number of nitrogens with zero attached hydrogens (tertiary/aromatic N) is 1. The van der Waals surface area contributed by atoms with Crippen LogP contribution in [0.3, 0.4) is 0 Å². The summed E-state index contributed by atoms with van der Waals surface area (Å²) in [5, 5.41) is 2.08. The van der Waals surface area contributed by atoms with Crippen LogP contribution in [0.5, 0.6) is 0 Å². The molecule has 3 N–H and O–H groups in total. The summed E-state index contributed by atoms with van der Waals surface area (Å²) in [6.07, 6.45) is 0. The van der Waals surface area contributed by atoms with Crippen LogP contribution in [0, 0.1) is 0 Å². The van der Waals surface area contributed by atoms with Gasteiger partial charge in [0, 0.05) is 0 Å². The molecule has 1 fully saturated rings. The number of hydrogen-bond acceptors (Lipinski definition) is 6. The van der Waals surface area contributed by atoms with E-state index in [0.717, 1.165) is 15.6 Å². The standard InChI is InChI=1S/C10H11N3O4S3/c1-5-10(15)12-7(14)4-13(5)20(16,17)8-3-2-6(19-8)9(11)18/h2-3,5H,4H2,1H3,(H2,11,18)(H,12,14,15). The number of carbonyl (C=O) groups excluding carboxylic acids is 2. The van der Waals surface area contributed by atoms with Gasteiger partial charge in [-0.15, -0.1) is 11.3 Å². The quantitative estimate of drug-likeness (QED) is 0.566. The van der Waals surface area contributed by atoms with E-state index < -0.39 is 34.4 Å². The van der Waals surface area contributed by atoms with Gasteiger partial charge in [-0.1, -0.05) is 12.2 Å². The molecule has 0 radical (unpaired) electrons. The van der Waals surface area contributed by atoms with E-state index in [2.05, 4.69) is 5.32 Å². The number of thiophene rings is 1. The molecule has 108 valence electrons. The Morgan fingerprint density at radius 2 is 2.15 bits per heavy atom. The maximum atomic E-state index is 12.4. The monoisotopic (exact) mass is 333 g/mol. The van der Waals surface area contributed by atoms with Gasteiger partial charge >= 0.3 is 0 Å². The van der Waals surface area contributed by atoms with Crippen LogP contribution in [0.1, 0.15) is 11.8 Å². The van der Waals surface area contributed by atoms with Crippen LogP contribution in [0.2, 0.25) is 0 Å². The van der Waals surface area contributed by atoms with Crippen LogP contribution in [0.4, 0.5) is 0 Å². The van der Waals surface area contributed by atoms with Crippen LogP contribution >= 0.6 is 23.6 Å². The molecule has 0 bridgehead atoms. The second-order valence-electron chi connectivity index (χ2n) is 4.12. The Morgan fingerprint density at radius 3 is 2.70 bits per heavy atom. The zero-order valence-corrected chi connectivity index (χ0v) is 12.8. The number of amides is 2. The number of hydrogen-bond donors (Lipinski definition) is 2. The van der Waals surface area contributed by atoms with E-state index in [1.54, 1.807) is 0 Å². The summed E-state index contributed by atoms with van der Waals surface area (Å²) < 4.78 is 25.7. The molecule has 1 atom stereocenters. The van der Waals surface area contributed by atoms with E-state index in [9.17, 15) is 18.0 Å². The van der Waals surface area contributed by atoms with Gasteiger partial charge in [0.1, 0.15) is 15.2 Å². The average molecular weight is 333 g/mol. The maximum Gasteiger partial charge on any atom is 0.253 e. The van der Waals surface area contributed by atoms with E-state index in [1.807, 2.05) is 0 Å². The molecule has 2 amide bonds. The van der Waals surface area contributed by atoms with Gasteiger partial charge in [-0.2, -0.15) is 4.31 Å². The second kappa shape index (κ2) is 5.20. The third-order valence-corrected chi connectivity index (χ3v) is 6.61. The van der Waals surface area contributed by atoms with E-state index in [1.165, 1.54) is 19.1 Å². The molecule has 10 heteroatoms. The first-order valence-electron chi connectivity index (χ1n) is 5.48. The molecule has 1 unspecified atom stereocenters. The lowest BCUT2D eigenvalue weighted by atomic mass is 10.2. The van der Waals surface area contributed by atoms with Crippen molar-refractivity contribution in [3.63, 3.8) is 0 Å². The van der Waals surface area contributed by atoms with E-state index in [-0.39, 0.29) is 9.20 Å². The summed E-state index contributed by atoms with van der Waals surface area (Å²) in [5.74, 6) is -1.29. The van der Waals surface area contributed by atoms with Gasteiger partial charge in [-0.05, 0) is 19.1 Å². The number of thiocarbonyl (C=S) groups is 1. The van der Waals surface area contributed by atoms with Gasteiger partial charge in [0.05, 0.1) is 11.4 Å². The fourth-order valence-electron chi connectivity index (χ4n) is 1.69. The molecule has 1 aromatic heterocycles. The van der Waals surface area contributed by atoms with Crippen LogP contribution < -0.4 is 11.1 Å². The molecule has 20 heavy (non-hydrogen) atoms. The van der Waals surface area contributed by atoms with E-state index >= 15 is 0 Å². The predicted molar refractivity (Wildman–Crippen MR) is 76.7 cm³/mol. The Labute approximate surface area is 124 Å². The topological polar surface area (TPSA) is 110 Å². The summed E-state index contributed by atoms with van der Waals surface area (Å²) in [4.78, 5) is 23.4. The predicted octanol–water partition coefficient (Wildman–Crippen LogP) is -0.582. The molecular weight excluding hydrogens is 322 g/mol. The highest BCUT2D eigenvalue weighted by molar-refractivity contribution is 7.91. The van der Waals surface area contributed by atoms with Gasteiger partial charge < -0.3 is 5.73 Å². The summed E-state index contributed by atoms with van der Waals surface area (Å²) in [6, 6.07) is 1.90. The van der Waals surface area contributed by atoms with Gasteiger partial charge in [0.2, 0.25) is 11.8 Å². The second-order valence-corrected chi connectivity index (χ2v) is 7.76. The first kappa shape index (κ1) is 15.0. The molecule has 7 nitrogen and oxygen atoms in total. The zero-order valence-electron chi connectivity index (χ0n) is 10.3. The minimum Gasteiger partial charge on any atom is -0.389 e. The smallest absolute Gasteiger partial charge is 0.253 e. The number of carbonyl (C=O) groups is 2. The Morgan fingerprint density at radius 1 is 1.50 bits per heavy atom. The minimum atomic E-state index is -3.93. The van der Waals surface area contributed by atoms with Gasteiger partial charge in [0.25, 0.3) is 10.0 Å². The highest BCUT2D eigenvalue weighted by Gasteiger charge is 2.39. The summed E-state index contributed by atoms with van der Waals surface area (Å²) in [7, 11) is -3.93. The van der Waals surface area contributed by atoms with Crippen LogP contribution in [-0.2, 0) is 19.6 Å². The van der Waals surface area contributed by atoms with Crippen molar-refractivity contribution in [3.8, 4) is 0 Å². The highest BCUT2D eigenvalue weighted by atomic mass is 32.2. The molecule has 1 saturated heterocycles. The Kier molecular flexibility index (Phi) is 3.91. The van der Waals surface area contributed by atoms with Crippen molar-refractivity contribution in [2.24, 2.45) is 5.73 Å². The molecule has 2 rings (SSSR count). The Balaban J connectivity index is 2.40. The lowest BCUT2D eigenvalue weighted by molar-refractivity contribution is -0.136. The molecule has 1 aliphatic heterocycles. The van der Waals surface area contributed by atoms with Crippen LogP contribution in [0.15, 0.2) is 16.3 Å². The maximum absolute atomic E-state index is 12.4. The van der Waals surface area contributed by atoms with Crippen molar-refractivity contribution in [2.45, 2.75) is 17.2 Å². The number of piperazine rings is 1. The van der Waals surface area contributed by atoms with Crippen molar-refractivity contribution >= 4 is 50.4 Å². The first-order chi connectivity index (χ1) is 9.23. The molecule has 0 aromatic carbocycles. The average Bonchev–Trinajstić information content (AvgIpc) is 2.83. The molecule has 0 saturated carbocycles. The first-order valence-corrected chi connectivity index (χ1v) is 8.15. The fourth-order valence-corrected chi connectivity index (χ4v) is 4.72. The largest absolute Gasteiger partial charge is 0.389 e. The lowest BCUT2D eigenvalue weighted by Crippen LogP contribution is -2.58. The van der Waals surface area contributed by atoms with Gasteiger partial charge in [-0.25, -0.2) is 8.42 Å². The number of nitrogens with two attached hydrogens (primary N) is 1. The summed E-state index contributed by atoms with van der Waals surface area (Å²) in [5.41, 5.74) is 5.44. The van der Waals surface area contributed by atoms with Crippen molar-refractivity contribution < 1.29 is 18.0 Å². The zero-order chi connectivity index (χ0) is 15.1. The van der Waals surface area contributed by atoms with E-state index in [4.69, 9.17) is 18.0 Å². The number of nitrogens with one attached hydrogen (secondary N) is 1. The molecule has 0 spiro atoms. The third kappa shape index (κ3) is 2.59. The fraction of sp³-hybridized carbons (Fsp3) is 0.300. The van der Waals surface area contributed by atoms with Gasteiger partial charge in [-0.3, -0.25) is 14.9 Å². The van der Waals surface area contributed by atoms with Crippen molar-refractivity contribution in [1.82, 2.24) is 9.62 Å². The molecule has 2 heterocycles.